The minimum atomic E-state index is -3.23. The van der Waals surface area contributed by atoms with Crippen molar-refractivity contribution < 1.29 is 17.9 Å². The molecule has 0 spiro atoms. The molecule has 0 aliphatic carbocycles. The highest BCUT2D eigenvalue weighted by Gasteiger charge is 2.26. The van der Waals surface area contributed by atoms with Crippen LogP contribution in [-0.2, 0) is 27.5 Å². The lowest BCUT2D eigenvalue weighted by molar-refractivity contribution is 0.0531. The third-order valence-corrected chi connectivity index (χ3v) is 7.54. The SMILES string of the molecule is CCOC(=O)c1sc(Nc2nc(NC)c3c(n2)N(Cc2ccc(S(C)(=O)=O)cc2)CC3)nc1C. The Balaban J connectivity index is 1.58. The molecule has 0 unspecified atom stereocenters. The van der Waals surface area contributed by atoms with Crippen LogP contribution in [0.5, 0.6) is 0 Å². The molecule has 3 aromatic rings. The van der Waals surface area contributed by atoms with Gasteiger partial charge in [-0.3, -0.25) is 5.32 Å². The number of hydrogen-bond acceptors (Lipinski definition) is 11. The Bertz CT molecular complexity index is 1320. The molecule has 0 fully saturated rings. The molecular formula is C22H26N6O4S2. The van der Waals surface area contributed by atoms with E-state index < -0.39 is 15.8 Å². The minimum Gasteiger partial charge on any atom is -0.462 e. The summed E-state index contributed by atoms with van der Waals surface area (Å²) >= 11 is 1.20. The van der Waals surface area contributed by atoms with Crippen molar-refractivity contribution in [1.29, 1.82) is 0 Å². The molecule has 2 N–H and O–H groups in total. The van der Waals surface area contributed by atoms with Crippen LogP contribution >= 0.6 is 11.3 Å². The van der Waals surface area contributed by atoms with Gasteiger partial charge in [0.1, 0.15) is 16.5 Å². The Kier molecular flexibility index (Phi) is 6.71. The first-order valence-corrected chi connectivity index (χ1v) is 13.4. The lowest BCUT2D eigenvalue weighted by Crippen LogP contribution is -2.21. The molecule has 0 atom stereocenters. The zero-order valence-corrected chi connectivity index (χ0v) is 21.0. The number of hydrogen-bond donors (Lipinski definition) is 2. The molecule has 12 heteroatoms. The third kappa shape index (κ3) is 4.97. The normalized spacial score (nSPS) is 13.0. The monoisotopic (exact) mass is 502 g/mol. The zero-order chi connectivity index (χ0) is 24.5. The van der Waals surface area contributed by atoms with Crippen LogP contribution < -0.4 is 15.5 Å². The molecule has 1 aromatic carbocycles. The highest BCUT2D eigenvalue weighted by Crippen LogP contribution is 2.34. The van der Waals surface area contributed by atoms with Gasteiger partial charge in [0.15, 0.2) is 15.0 Å². The number of thiazole rings is 1. The molecule has 2 aromatic heterocycles. The number of fused-ring (bicyclic) bond motifs is 1. The Hall–Kier alpha value is -3.25. The van der Waals surface area contributed by atoms with E-state index in [0.717, 1.165) is 35.7 Å². The van der Waals surface area contributed by atoms with E-state index in [0.29, 0.717) is 39.7 Å². The Morgan fingerprint density at radius 1 is 1.21 bits per heavy atom. The molecule has 0 bridgehead atoms. The predicted molar refractivity (Wildman–Crippen MR) is 132 cm³/mol. The van der Waals surface area contributed by atoms with Crippen LogP contribution in [0.4, 0.5) is 22.7 Å². The van der Waals surface area contributed by atoms with E-state index in [-0.39, 0.29) is 0 Å². The van der Waals surface area contributed by atoms with Gasteiger partial charge in [0.25, 0.3) is 0 Å². The topological polar surface area (TPSA) is 126 Å². The van der Waals surface area contributed by atoms with Crippen LogP contribution in [0.3, 0.4) is 0 Å². The van der Waals surface area contributed by atoms with Gasteiger partial charge in [-0.15, -0.1) is 0 Å². The summed E-state index contributed by atoms with van der Waals surface area (Å²) in [4.78, 5) is 28.7. The number of nitrogens with one attached hydrogen (secondary N) is 2. The van der Waals surface area contributed by atoms with Gasteiger partial charge in [0.05, 0.1) is 17.2 Å². The number of nitrogens with zero attached hydrogens (tertiary/aromatic N) is 4. The number of rotatable bonds is 8. The molecular weight excluding hydrogens is 476 g/mol. The van der Waals surface area contributed by atoms with E-state index >= 15 is 0 Å². The molecule has 180 valence electrons. The average Bonchev–Trinajstić information content (AvgIpc) is 3.36. The van der Waals surface area contributed by atoms with E-state index in [1.54, 1.807) is 26.0 Å². The van der Waals surface area contributed by atoms with E-state index in [1.165, 1.54) is 17.6 Å². The molecule has 4 rings (SSSR count). The second-order valence-electron chi connectivity index (χ2n) is 7.81. The molecule has 10 nitrogen and oxygen atoms in total. The first-order chi connectivity index (χ1) is 16.2. The molecule has 1 aliphatic heterocycles. The summed E-state index contributed by atoms with van der Waals surface area (Å²) < 4.78 is 28.6. The Labute approximate surface area is 202 Å². The van der Waals surface area contributed by atoms with Crippen molar-refractivity contribution in [1.82, 2.24) is 15.0 Å². The van der Waals surface area contributed by atoms with Crippen molar-refractivity contribution in [3.8, 4) is 0 Å². The molecule has 0 amide bonds. The summed E-state index contributed by atoms with van der Waals surface area (Å²) in [6.45, 7) is 5.16. The maximum Gasteiger partial charge on any atom is 0.350 e. The van der Waals surface area contributed by atoms with Crippen LogP contribution in [-0.4, -0.2) is 55.8 Å². The van der Waals surface area contributed by atoms with E-state index in [1.807, 2.05) is 19.2 Å². The number of ether oxygens (including phenoxy) is 1. The number of anilines is 4. The zero-order valence-electron chi connectivity index (χ0n) is 19.4. The summed E-state index contributed by atoms with van der Waals surface area (Å²) in [5, 5.41) is 6.76. The molecule has 0 saturated heterocycles. The van der Waals surface area contributed by atoms with Crippen LogP contribution in [0.2, 0.25) is 0 Å². The molecule has 0 radical (unpaired) electrons. The number of carbonyl (C=O) groups excluding carboxylic acids is 1. The van der Waals surface area contributed by atoms with Gasteiger partial charge in [-0.05, 0) is 38.0 Å². The lowest BCUT2D eigenvalue weighted by Gasteiger charge is -2.19. The van der Waals surface area contributed by atoms with E-state index in [9.17, 15) is 13.2 Å². The maximum absolute atomic E-state index is 12.1. The third-order valence-electron chi connectivity index (χ3n) is 5.35. The smallest absolute Gasteiger partial charge is 0.350 e. The number of carbonyl (C=O) groups is 1. The van der Waals surface area contributed by atoms with Crippen molar-refractivity contribution >= 4 is 49.9 Å². The molecule has 1 aliphatic rings. The van der Waals surface area contributed by atoms with Gasteiger partial charge in [-0.2, -0.15) is 9.97 Å². The fraction of sp³-hybridized carbons (Fsp3) is 0.364. The van der Waals surface area contributed by atoms with Crippen LogP contribution in [0.25, 0.3) is 0 Å². The average molecular weight is 503 g/mol. The first-order valence-electron chi connectivity index (χ1n) is 10.7. The van der Waals surface area contributed by atoms with Crippen molar-refractivity contribution in [3.63, 3.8) is 0 Å². The number of aryl methyl sites for hydroxylation is 1. The number of aromatic nitrogens is 3. The Morgan fingerprint density at radius 2 is 1.94 bits per heavy atom. The van der Waals surface area contributed by atoms with Gasteiger partial charge in [0, 0.05) is 32.0 Å². The molecule has 3 heterocycles. The van der Waals surface area contributed by atoms with Gasteiger partial charge in [-0.1, -0.05) is 23.5 Å². The van der Waals surface area contributed by atoms with Gasteiger partial charge >= 0.3 is 5.97 Å². The summed E-state index contributed by atoms with van der Waals surface area (Å²) in [6.07, 6.45) is 1.99. The summed E-state index contributed by atoms with van der Waals surface area (Å²) in [5.41, 5.74) is 2.58. The molecule has 34 heavy (non-hydrogen) atoms. The van der Waals surface area contributed by atoms with Crippen LogP contribution in [0.1, 0.15) is 33.4 Å². The van der Waals surface area contributed by atoms with Crippen molar-refractivity contribution in [2.45, 2.75) is 31.7 Å². The van der Waals surface area contributed by atoms with Crippen molar-refractivity contribution in [2.24, 2.45) is 0 Å². The van der Waals surface area contributed by atoms with Crippen molar-refractivity contribution in [2.75, 3.05) is 42.0 Å². The van der Waals surface area contributed by atoms with Gasteiger partial charge in [0.2, 0.25) is 5.95 Å². The fourth-order valence-corrected chi connectivity index (χ4v) is 5.21. The van der Waals surface area contributed by atoms with Crippen molar-refractivity contribution in [3.05, 3.63) is 46.0 Å². The second-order valence-corrected chi connectivity index (χ2v) is 10.8. The predicted octanol–water partition coefficient (Wildman–Crippen LogP) is 3.17. The number of esters is 1. The first kappa shape index (κ1) is 23.9. The van der Waals surface area contributed by atoms with Crippen LogP contribution in [0, 0.1) is 6.92 Å². The van der Waals surface area contributed by atoms with Gasteiger partial charge in [-0.25, -0.2) is 18.2 Å². The Morgan fingerprint density at radius 3 is 2.59 bits per heavy atom. The summed E-state index contributed by atoms with van der Waals surface area (Å²) in [7, 11) is -1.42. The minimum absolute atomic E-state index is 0.297. The van der Waals surface area contributed by atoms with Crippen LogP contribution in [0.15, 0.2) is 29.2 Å². The van der Waals surface area contributed by atoms with E-state index in [2.05, 4.69) is 25.5 Å². The highest BCUT2D eigenvalue weighted by molar-refractivity contribution is 7.90. The summed E-state index contributed by atoms with van der Waals surface area (Å²) in [5.74, 6) is 1.49. The highest BCUT2D eigenvalue weighted by atomic mass is 32.2. The van der Waals surface area contributed by atoms with Gasteiger partial charge < -0.3 is 15.0 Å². The quantitative estimate of drug-likeness (QED) is 0.444. The largest absolute Gasteiger partial charge is 0.462 e. The number of sulfone groups is 1. The number of benzene rings is 1. The lowest BCUT2D eigenvalue weighted by atomic mass is 10.2. The second kappa shape index (κ2) is 9.55. The maximum atomic E-state index is 12.1. The fourth-order valence-electron chi connectivity index (χ4n) is 3.73. The van der Waals surface area contributed by atoms with E-state index in [4.69, 9.17) is 9.72 Å². The molecule has 0 saturated carbocycles. The standard InChI is InChI=1S/C22H26N6O4S2/c1-5-32-20(29)17-13(2)24-22(33-17)27-21-25-18(23-3)16-10-11-28(19(16)26-21)12-14-6-8-15(9-7-14)34(4,30)31/h6-9H,5,10-12H2,1-4H3,(H2,23,24,25,26,27). The summed E-state index contributed by atoms with van der Waals surface area (Å²) in [6, 6.07) is 6.89.